The van der Waals surface area contributed by atoms with Crippen molar-refractivity contribution in [2.24, 2.45) is 0 Å². The molecular weight excluding hydrogens is 206 g/mol. The van der Waals surface area contributed by atoms with E-state index >= 15 is 0 Å². The summed E-state index contributed by atoms with van der Waals surface area (Å²) in [4.78, 5) is 0. The van der Waals surface area contributed by atoms with Crippen LogP contribution in [0.4, 0.5) is 5.69 Å². The third-order valence-corrected chi connectivity index (χ3v) is 3.64. The van der Waals surface area contributed by atoms with E-state index in [0.29, 0.717) is 0 Å². The molecule has 0 saturated heterocycles. The molecule has 0 radical (unpaired) electrons. The molecule has 0 fully saturated rings. The van der Waals surface area contributed by atoms with Crippen LogP contribution in [0.25, 0.3) is 0 Å². The molecule has 2 rings (SSSR count). The Balaban J connectivity index is 2.52. The Kier molecular flexibility index (Phi) is 3.19. The maximum Gasteiger partial charge on any atom is 0.0317 e. The zero-order valence-corrected chi connectivity index (χ0v) is 10.5. The van der Waals surface area contributed by atoms with Gasteiger partial charge in [-0.25, -0.2) is 0 Å². The molecule has 1 atom stereocenters. The molecule has 88 valence electrons. The van der Waals surface area contributed by atoms with E-state index in [1.54, 1.807) is 0 Å². The second-order valence-electron chi connectivity index (χ2n) is 4.68. The fraction of sp³-hybridized carbons (Fsp3) is 0.250. The van der Waals surface area contributed by atoms with Crippen molar-refractivity contribution >= 4 is 5.69 Å². The average Bonchev–Trinajstić information content (AvgIpc) is 2.39. The highest BCUT2D eigenvalue weighted by Gasteiger charge is 2.26. The third-order valence-electron chi connectivity index (χ3n) is 3.64. The highest BCUT2D eigenvalue weighted by molar-refractivity contribution is 5.47. The van der Waals surface area contributed by atoms with E-state index in [4.69, 9.17) is 5.73 Å². The maximum atomic E-state index is 5.89. The van der Waals surface area contributed by atoms with Gasteiger partial charge in [0, 0.05) is 11.1 Å². The summed E-state index contributed by atoms with van der Waals surface area (Å²) < 4.78 is 0. The van der Waals surface area contributed by atoms with Crippen molar-refractivity contribution in [1.82, 2.24) is 0 Å². The quantitative estimate of drug-likeness (QED) is 0.785. The van der Waals surface area contributed by atoms with Crippen molar-refractivity contribution < 1.29 is 0 Å². The first-order valence-corrected chi connectivity index (χ1v) is 6.08. The van der Waals surface area contributed by atoms with E-state index in [9.17, 15) is 0 Å². The number of benzene rings is 2. The number of anilines is 1. The van der Waals surface area contributed by atoms with Crippen molar-refractivity contribution in [1.29, 1.82) is 0 Å². The lowest BCUT2D eigenvalue weighted by Crippen LogP contribution is -2.22. The summed E-state index contributed by atoms with van der Waals surface area (Å²) in [5.74, 6) is 0. The second-order valence-corrected chi connectivity index (χ2v) is 4.68. The minimum absolute atomic E-state index is 0.0383. The molecule has 1 unspecified atom stereocenters. The van der Waals surface area contributed by atoms with Crippen molar-refractivity contribution in [3.05, 3.63) is 65.7 Å². The van der Waals surface area contributed by atoms with Gasteiger partial charge in [0.1, 0.15) is 0 Å². The van der Waals surface area contributed by atoms with Crippen LogP contribution in [0.1, 0.15) is 31.4 Å². The van der Waals surface area contributed by atoms with Gasteiger partial charge in [0.15, 0.2) is 0 Å². The molecule has 1 heteroatoms. The van der Waals surface area contributed by atoms with Crippen LogP contribution in [0, 0.1) is 0 Å². The topological polar surface area (TPSA) is 26.0 Å². The molecule has 0 saturated carbocycles. The van der Waals surface area contributed by atoms with Gasteiger partial charge in [-0.05, 0) is 29.7 Å². The van der Waals surface area contributed by atoms with E-state index in [1.807, 2.05) is 12.1 Å². The summed E-state index contributed by atoms with van der Waals surface area (Å²) in [6.45, 7) is 4.49. The zero-order chi connectivity index (χ0) is 12.3. The number of hydrogen-bond donors (Lipinski definition) is 1. The van der Waals surface area contributed by atoms with Gasteiger partial charge in [-0.1, -0.05) is 56.3 Å². The van der Waals surface area contributed by atoms with E-state index in [-0.39, 0.29) is 5.41 Å². The molecule has 0 aliphatic carbocycles. The summed E-state index contributed by atoms with van der Waals surface area (Å²) >= 11 is 0. The third kappa shape index (κ3) is 2.19. The van der Waals surface area contributed by atoms with Gasteiger partial charge in [0.05, 0.1) is 0 Å². The highest BCUT2D eigenvalue weighted by atomic mass is 14.5. The van der Waals surface area contributed by atoms with Gasteiger partial charge < -0.3 is 5.73 Å². The van der Waals surface area contributed by atoms with E-state index in [2.05, 4.69) is 56.3 Å². The van der Waals surface area contributed by atoms with Crippen LogP contribution >= 0.6 is 0 Å². The molecule has 0 bridgehead atoms. The van der Waals surface area contributed by atoms with Crippen LogP contribution in [0.15, 0.2) is 54.6 Å². The lowest BCUT2D eigenvalue weighted by Gasteiger charge is -2.30. The number of nitrogen functional groups attached to an aromatic ring is 1. The highest BCUT2D eigenvalue weighted by Crippen LogP contribution is 2.35. The monoisotopic (exact) mass is 225 g/mol. The molecule has 17 heavy (non-hydrogen) atoms. The molecule has 0 aliphatic heterocycles. The van der Waals surface area contributed by atoms with Gasteiger partial charge in [-0.2, -0.15) is 0 Å². The Hall–Kier alpha value is -1.76. The predicted octanol–water partition coefficient (Wildman–Crippen LogP) is 3.98. The summed E-state index contributed by atoms with van der Waals surface area (Å²) in [7, 11) is 0. The molecule has 0 heterocycles. The smallest absolute Gasteiger partial charge is 0.0317 e. The number of nitrogens with two attached hydrogens (primary N) is 1. The van der Waals surface area contributed by atoms with E-state index < -0.39 is 0 Å². The molecule has 2 aromatic rings. The normalized spacial score (nSPS) is 14.2. The van der Waals surface area contributed by atoms with Gasteiger partial charge >= 0.3 is 0 Å². The molecule has 2 aromatic carbocycles. The summed E-state index contributed by atoms with van der Waals surface area (Å²) in [5, 5.41) is 0. The van der Waals surface area contributed by atoms with Crippen LogP contribution < -0.4 is 5.73 Å². The molecule has 0 aromatic heterocycles. The van der Waals surface area contributed by atoms with Crippen LogP contribution in [0.5, 0.6) is 0 Å². The molecule has 1 nitrogen and oxygen atoms in total. The molecule has 0 amide bonds. The molecule has 0 aliphatic rings. The Morgan fingerprint density at radius 3 is 2.18 bits per heavy atom. The Labute approximate surface area is 103 Å². The summed E-state index contributed by atoms with van der Waals surface area (Å²) in [6.07, 6.45) is 1.06. The first kappa shape index (κ1) is 11.7. The number of hydrogen-bond acceptors (Lipinski definition) is 1. The standard InChI is InChI=1S/C16H19N/c1-3-16(2,13-8-5-4-6-9-13)14-10-7-11-15(17)12-14/h4-12H,3,17H2,1-2H3. The molecular formula is C16H19N. The zero-order valence-electron chi connectivity index (χ0n) is 10.5. The van der Waals surface area contributed by atoms with Crippen molar-refractivity contribution in [3.63, 3.8) is 0 Å². The molecule has 2 N–H and O–H groups in total. The minimum atomic E-state index is 0.0383. The van der Waals surface area contributed by atoms with E-state index in [0.717, 1.165) is 12.1 Å². The Morgan fingerprint density at radius 1 is 0.941 bits per heavy atom. The summed E-state index contributed by atoms with van der Waals surface area (Å²) in [5.41, 5.74) is 9.38. The lowest BCUT2D eigenvalue weighted by molar-refractivity contribution is 0.550. The van der Waals surface area contributed by atoms with Crippen molar-refractivity contribution in [2.75, 3.05) is 5.73 Å². The van der Waals surface area contributed by atoms with Crippen LogP contribution in [-0.4, -0.2) is 0 Å². The van der Waals surface area contributed by atoms with Gasteiger partial charge in [0.25, 0.3) is 0 Å². The van der Waals surface area contributed by atoms with Crippen molar-refractivity contribution in [3.8, 4) is 0 Å². The lowest BCUT2D eigenvalue weighted by atomic mass is 9.74. The van der Waals surface area contributed by atoms with Crippen LogP contribution in [-0.2, 0) is 5.41 Å². The Morgan fingerprint density at radius 2 is 1.59 bits per heavy atom. The fourth-order valence-electron chi connectivity index (χ4n) is 2.26. The predicted molar refractivity (Wildman–Crippen MR) is 74.0 cm³/mol. The first-order chi connectivity index (χ1) is 8.16. The second kappa shape index (κ2) is 4.62. The van der Waals surface area contributed by atoms with Crippen LogP contribution in [0.2, 0.25) is 0 Å². The molecule has 0 spiro atoms. The van der Waals surface area contributed by atoms with Crippen molar-refractivity contribution in [2.45, 2.75) is 25.7 Å². The van der Waals surface area contributed by atoms with Crippen LogP contribution in [0.3, 0.4) is 0 Å². The minimum Gasteiger partial charge on any atom is -0.399 e. The maximum absolute atomic E-state index is 5.89. The van der Waals surface area contributed by atoms with Gasteiger partial charge in [-0.15, -0.1) is 0 Å². The van der Waals surface area contributed by atoms with E-state index in [1.165, 1.54) is 11.1 Å². The van der Waals surface area contributed by atoms with Gasteiger partial charge in [-0.3, -0.25) is 0 Å². The Bertz CT molecular complexity index is 490. The first-order valence-electron chi connectivity index (χ1n) is 6.08. The summed E-state index contributed by atoms with van der Waals surface area (Å²) in [6, 6.07) is 18.8. The average molecular weight is 225 g/mol. The SMILES string of the molecule is CCC(C)(c1ccccc1)c1cccc(N)c1. The fourth-order valence-corrected chi connectivity index (χ4v) is 2.26. The largest absolute Gasteiger partial charge is 0.399 e. The van der Waals surface area contributed by atoms with Gasteiger partial charge in [0.2, 0.25) is 0 Å². The number of rotatable bonds is 3.